The molecule has 49 heavy (non-hydrogen) atoms. The third-order valence-electron chi connectivity index (χ3n) is 7.30. The van der Waals surface area contributed by atoms with E-state index in [1.807, 2.05) is 28.2 Å². The summed E-state index contributed by atoms with van der Waals surface area (Å²) in [7, 11) is -4.38. The van der Waals surface area contributed by atoms with E-state index in [-0.39, 0.29) is 30.2 Å². The maximum atomic E-state index is 12.6. The van der Waals surface area contributed by atoms with E-state index in [4.69, 9.17) is 26.2 Å². The van der Waals surface area contributed by atoms with Gasteiger partial charge in [-0.15, -0.1) is 0 Å². The third-order valence-corrected chi connectivity index (χ3v) is 10.2. The summed E-state index contributed by atoms with van der Waals surface area (Å²) in [6.07, 6.45) is 1.00. The molecule has 0 amide bonds. The van der Waals surface area contributed by atoms with Gasteiger partial charge in [-0.2, -0.15) is 13.2 Å². The molecule has 0 radical (unpaired) electrons. The molecule has 1 aliphatic rings. The molecule has 1 N–H and O–H groups in total. The van der Waals surface area contributed by atoms with Gasteiger partial charge in [-0.3, -0.25) is 0 Å². The number of rotatable bonds is 11. The largest absolute Gasteiger partial charge is 0.748 e. The first-order valence-corrected chi connectivity index (χ1v) is 18.5. The van der Waals surface area contributed by atoms with Crippen molar-refractivity contribution in [3.8, 4) is 0 Å². The fourth-order valence-electron chi connectivity index (χ4n) is 5.30. The van der Waals surface area contributed by atoms with Crippen LogP contribution in [0.2, 0.25) is 5.02 Å². The van der Waals surface area contributed by atoms with Crippen LogP contribution in [0.4, 0.5) is 24.5 Å². The number of anilines is 2. The van der Waals surface area contributed by atoms with E-state index in [1.165, 1.54) is 0 Å². The van der Waals surface area contributed by atoms with Crippen LogP contribution in [0.5, 0.6) is 0 Å². The molecular weight excluding hydrogens is 825 g/mol. The van der Waals surface area contributed by atoms with E-state index in [1.54, 1.807) is 19.1 Å². The minimum Gasteiger partial charge on any atom is -0.748 e. The van der Waals surface area contributed by atoms with Gasteiger partial charge >= 0.3 is 18.1 Å². The number of nitrogens with zero attached hydrogens (tertiary/aromatic N) is 4. The number of carbonyl (C=O) groups is 2. The van der Waals surface area contributed by atoms with Crippen molar-refractivity contribution in [2.45, 2.75) is 53.4 Å². The van der Waals surface area contributed by atoms with Crippen LogP contribution in [0.15, 0.2) is 51.2 Å². The number of benzene rings is 2. The lowest BCUT2D eigenvalue weighted by atomic mass is 10.2. The van der Waals surface area contributed by atoms with Crippen LogP contribution in [0, 0.1) is 0 Å². The maximum absolute atomic E-state index is 12.6. The molecule has 0 saturated carbocycles. The Labute approximate surface area is 303 Å². The van der Waals surface area contributed by atoms with Crippen molar-refractivity contribution in [1.29, 1.82) is 0 Å². The number of carbonyl (C=O) groups excluding carboxylic acids is 1. The zero-order valence-electron chi connectivity index (χ0n) is 26.9. The second-order valence-corrected chi connectivity index (χ2v) is 14.0. The molecule has 0 atom stereocenters. The predicted molar refractivity (Wildman–Crippen MR) is 187 cm³/mol. The number of fused-ring (bicyclic) bond motifs is 2. The number of aromatic nitrogens is 2. The maximum Gasteiger partial charge on any atom is 0.490 e. The van der Waals surface area contributed by atoms with Gasteiger partial charge < -0.3 is 24.2 Å². The summed E-state index contributed by atoms with van der Waals surface area (Å²) in [4.78, 5) is 26.0. The SMILES string of the molecule is CCOC(=O)c1cc2c(cc1Cl)n(CC)c(/C=C/C=C1N(CC)c3cc(Br)c(Br)cc3N1CC)[n+]2CCCS(=O)(=O)[O-].O=C(O)C(F)(F)F. The van der Waals surface area contributed by atoms with E-state index in [0.29, 0.717) is 12.1 Å². The number of ether oxygens (including phenoxy) is 1. The smallest absolute Gasteiger partial charge is 0.490 e. The highest BCUT2D eigenvalue weighted by atomic mass is 79.9. The Morgan fingerprint density at radius 3 is 2.02 bits per heavy atom. The van der Waals surface area contributed by atoms with Crippen LogP contribution in [0.3, 0.4) is 0 Å². The Balaban J connectivity index is 0.000000838. The van der Waals surface area contributed by atoms with E-state index in [9.17, 15) is 30.9 Å². The average molecular weight is 859 g/mol. The quantitative estimate of drug-likeness (QED) is 0.122. The van der Waals surface area contributed by atoms with E-state index < -0.39 is 34.0 Å². The van der Waals surface area contributed by atoms with Gasteiger partial charge in [0.1, 0.15) is 5.82 Å². The van der Waals surface area contributed by atoms with E-state index >= 15 is 0 Å². The molecule has 18 heteroatoms. The first kappa shape index (κ1) is 40.3. The fourth-order valence-corrected chi connectivity index (χ4v) is 6.68. The number of esters is 1. The fraction of sp³-hybridized carbons (Fsp3) is 0.387. The third kappa shape index (κ3) is 9.57. The van der Waals surface area contributed by atoms with Crippen molar-refractivity contribution in [3.05, 3.63) is 67.6 Å². The number of imidazole rings is 1. The first-order valence-electron chi connectivity index (χ1n) is 15.0. The predicted octanol–water partition coefficient (Wildman–Crippen LogP) is 7.09. The molecule has 0 unspecified atom stereocenters. The summed E-state index contributed by atoms with van der Waals surface area (Å²) < 4.78 is 77.0. The van der Waals surface area contributed by atoms with Crippen LogP contribution >= 0.6 is 43.5 Å². The van der Waals surface area contributed by atoms with Crippen LogP contribution in [-0.2, 0) is 32.7 Å². The zero-order valence-corrected chi connectivity index (χ0v) is 31.6. The molecule has 0 saturated heterocycles. The summed E-state index contributed by atoms with van der Waals surface area (Å²) >= 11 is 13.8. The highest BCUT2D eigenvalue weighted by Gasteiger charge is 2.38. The first-order chi connectivity index (χ1) is 22.9. The molecule has 0 bridgehead atoms. The Morgan fingerprint density at radius 2 is 1.57 bits per heavy atom. The standard InChI is InChI=1S/C29H33Br2ClN4O5S.C2HF3O2/c1-5-33-24-16-20(30)21(31)17-25(24)34(6-2)27(33)11-9-12-28-35(7-3)26-18-22(32)19(29(37)41-8-4)15-23(26)36(28)13-10-14-42(38,39)40;3-2(4,5)1(6)7/h9,11-12,15-18H,5-8,10,13-14H2,1-4H3;(H,6,7). The number of halogens is 6. The molecule has 1 aromatic heterocycles. The number of hydrogen-bond donors (Lipinski definition) is 1. The topological polar surface area (TPSA) is 136 Å². The van der Waals surface area contributed by atoms with Gasteiger partial charge in [0.05, 0.1) is 51.8 Å². The summed E-state index contributed by atoms with van der Waals surface area (Å²) in [5, 5.41) is 7.39. The van der Waals surface area contributed by atoms with Crippen molar-refractivity contribution in [2.24, 2.45) is 0 Å². The number of carboxylic acids is 1. The molecule has 2 heterocycles. The second-order valence-electron chi connectivity index (χ2n) is 10.3. The number of alkyl halides is 3. The lowest BCUT2D eigenvalue weighted by molar-refractivity contribution is -0.673. The molecule has 0 fully saturated rings. The van der Waals surface area contributed by atoms with Crippen molar-refractivity contribution < 1.29 is 50.1 Å². The van der Waals surface area contributed by atoms with Gasteiger partial charge in [0.2, 0.25) is 0 Å². The van der Waals surface area contributed by atoms with Crippen LogP contribution in [0.1, 0.15) is 50.3 Å². The van der Waals surface area contributed by atoms with Gasteiger partial charge in [0.15, 0.2) is 11.0 Å². The molecule has 4 rings (SSSR count). The number of aryl methyl sites for hydroxylation is 2. The Kier molecular flexibility index (Phi) is 13.8. The Morgan fingerprint density at radius 1 is 1.02 bits per heavy atom. The molecule has 0 spiro atoms. The monoisotopic (exact) mass is 856 g/mol. The van der Waals surface area contributed by atoms with Crippen LogP contribution in [-0.4, -0.2) is 66.2 Å². The zero-order chi connectivity index (χ0) is 36.8. The molecular formula is C31H34Br2ClF3N4O7S. The van der Waals surface area contributed by atoms with E-state index in [2.05, 4.69) is 73.7 Å². The Bertz CT molecular complexity index is 1860. The van der Waals surface area contributed by atoms with Crippen LogP contribution in [0.25, 0.3) is 17.1 Å². The Hall–Kier alpha value is -3.12. The van der Waals surface area contributed by atoms with Gasteiger partial charge in [0.25, 0.3) is 5.82 Å². The van der Waals surface area contributed by atoms with Gasteiger partial charge in [-0.1, -0.05) is 17.7 Å². The molecule has 1 aliphatic heterocycles. The van der Waals surface area contributed by atoms with Crippen molar-refractivity contribution in [1.82, 2.24) is 4.57 Å². The van der Waals surface area contributed by atoms with Gasteiger partial charge in [0, 0.05) is 46.0 Å². The van der Waals surface area contributed by atoms with E-state index in [0.717, 1.165) is 50.6 Å². The van der Waals surface area contributed by atoms with Crippen LogP contribution < -0.4 is 14.4 Å². The molecule has 268 valence electrons. The van der Waals surface area contributed by atoms with Gasteiger partial charge in [-0.25, -0.2) is 27.1 Å². The minimum absolute atomic E-state index is 0.116. The lowest BCUT2D eigenvalue weighted by Crippen LogP contribution is -2.37. The summed E-state index contributed by atoms with van der Waals surface area (Å²) in [5.74, 6) is -2.00. The number of carboxylic acid groups (broad SMARTS) is 1. The van der Waals surface area contributed by atoms with Crippen molar-refractivity contribution in [3.63, 3.8) is 0 Å². The summed E-state index contributed by atoms with van der Waals surface area (Å²) in [5.41, 5.74) is 3.90. The minimum atomic E-state index is -5.08. The number of allylic oxidation sites excluding steroid dienone is 2. The summed E-state index contributed by atoms with van der Waals surface area (Å²) in [6.45, 7) is 10.5. The van der Waals surface area contributed by atoms with Crippen molar-refractivity contribution in [2.75, 3.05) is 35.2 Å². The highest BCUT2D eigenvalue weighted by molar-refractivity contribution is 9.13. The molecule has 0 aliphatic carbocycles. The number of hydrogen-bond acceptors (Lipinski definition) is 8. The van der Waals surface area contributed by atoms with Gasteiger partial charge in [-0.05, 0) is 84.2 Å². The molecule has 2 aromatic carbocycles. The second kappa shape index (κ2) is 16.7. The highest BCUT2D eigenvalue weighted by Crippen LogP contribution is 2.45. The molecule has 11 nitrogen and oxygen atoms in total. The lowest BCUT2D eigenvalue weighted by Gasteiger charge is -2.23. The summed E-state index contributed by atoms with van der Waals surface area (Å²) in [6, 6.07) is 7.61. The number of aliphatic carboxylic acids is 1. The van der Waals surface area contributed by atoms with Crippen molar-refractivity contribution >= 4 is 94.0 Å². The normalized spacial score (nSPS) is 13.2. The average Bonchev–Trinajstić information content (AvgIpc) is 3.45. The molecule has 3 aromatic rings.